The molecule has 0 bridgehead atoms. The lowest BCUT2D eigenvalue weighted by molar-refractivity contribution is -0.142. The van der Waals surface area contributed by atoms with Gasteiger partial charge in [0.1, 0.15) is 5.25 Å². The second-order valence-corrected chi connectivity index (χ2v) is 12.9. The van der Waals surface area contributed by atoms with Crippen LogP contribution in [0.25, 0.3) is 0 Å². The number of benzene rings is 3. The predicted octanol–water partition coefficient (Wildman–Crippen LogP) is 6.19. The third-order valence-corrected chi connectivity index (χ3v) is 10.6. The molecule has 1 unspecified atom stereocenters. The van der Waals surface area contributed by atoms with Gasteiger partial charge < -0.3 is 9.30 Å². The Bertz CT molecular complexity index is 1030. The number of rotatable bonds is 7. The Balaban J connectivity index is 2.21. The van der Waals surface area contributed by atoms with Gasteiger partial charge in [-0.2, -0.15) is 0 Å². The van der Waals surface area contributed by atoms with Crippen LogP contribution in [0.15, 0.2) is 66.7 Å². The molecule has 0 aliphatic rings. The van der Waals surface area contributed by atoms with Crippen LogP contribution in [0.5, 0.6) is 0 Å². The summed E-state index contributed by atoms with van der Waals surface area (Å²) in [5.74, 6) is -0.368. The van der Waals surface area contributed by atoms with Crippen LogP contribution < -0.4 is 10.6 Å². The van der Waals surface area contributed by atoms with Crippen LogP contribution >= 0.6 is 17.7 Å². The quantitative estimate of drug-likeness (QED) is 0.317. The van der Waals surface area contributed by atoms with Crippen LogP contribution in [0.1, 0.15) is 40.0 Å². The maximum absolute atomic E-state index is 14.9. The van der Waals surface area contributed by atoms with E-state index in [4.69, 9.17) is 4.74 Å². The third kappa shape index (κ3) is 5.50. The van der Waals surface area contributed by atoms with Crippen LogP contribution in [-0.2, 0) is 14.1 Å². The van der Waals surface area contributed by atoms with Crippen molar-refractivity contribution in [3.8, 4) is 0 Å². The summed E-state index contributed by atoms with van der Waals surface area (Å²) < 4.78 is 20.3. The van der Waals surface area contributed by atoms with Crippen LogP contribution in [0.3, 0.4) is 0 Å². The second-order valence-electron chi connectivity index (χ2n) is 7.89. The fourth-order valence-corrected chi connectivity index (χ4v) is 9.39. The smallest absolute Gasteiger partial charge is 0.324 e. The molecule has 0 aliphatic heterocycles. The van der Waals surface area contributed by atoms with Gasteiger partial charge in [-0.3, -0.25) is 4.79 Å². The van der Waals surface area contributed by atoms with Crippen molar-refractivity contribution in [2.75, 3.05) is 6.61 Å². The molecule has 0 saturated heterocycles. The van der Waals surface area contributed by atoms with Crippen molar-refractivity contribution in [1.29, 1.82) is 0 Å². The topological polar surface area (TPSA) is 43.4 Å². The molecule has 3 nitrogen and oxygen atoms in total. The Morgan fingerprint density at radius 2 is 1.29 bits per heavy atom. The standard InChI is InChI=1S/C26H29O3PS/c1-6-29-26(27)25(22-10-8-7-9-11-22)31-30(28,23-14-18(2)12-19(3)15-23)24-16-20(4)13-21(5)17-24/h7-17,25H,6H2,1-5H3. The van der Waals surface area contributed by atoms with Gasteiger partial charge in [0, 0.05) is 10.6 Å². The van der Waals surface area contributed by atoms with E-state index in [-0.39, 0.29) is 12.6 Å². The molecule has 3 aromatic rings. The molecule has 3 rings (SSSR count). The van der Waals surface area contributed by atoms with Crippen molar-refractivity contribution in [2.24, 2.45) is 0 Å². The molecular weight excluding hydrogens is 423 g/mol. The zero-order valence-electron chi connectivity index (χ0n) is 18.7. The largest absolute Gasteiger partial charge is 0.465 e. The first kappa shape index (κ1) is 23.4. The van der Waals surface area contributed by atoms with Gasteiger partial charge in [0.25, 0.3) is 0 Å². The van der Waals surface area contributed by atoms with E-state index in [0.717, 1.165) is 38.4 Å². The highest BCUT2D eigenvalue weighted by molar-refractivity contribution is 8.62. The van der Waals surface area contributed by atoms with E-state index >= 15 is 0 Å². The number of carbonyl (C=O) groups excluding carboxylic acids is 1. The fourth-order valence-electron chi connectivity index (χ4n) is 3.75. The van der Waals surface area contributed by atoms with Gasteiger partial charge in [0.05, 0.1) is 6.61 Å². The fraction of sp³-hybridized carbons (Fsp3) is 0.269. The molecule has 162 valence electrons. The summed E-state index contributed by atoms with van der Waals surface area (Å²) in [5.41, 5.74) is 4.99. The minimum absolute atomic E-state index is 0.278. The summed E-state index contributed by atoms with van der Waals surface area (Å²) in [7, 11) is 0. The minimum atomic E-state index is -3.22. The van der Waals surface area contributed by atoms with Gasteiger partial charge in [-0.25, -0.2) is 0 Å². The normalized spacial score (nSPS) is 12.4. The van der Waals surface area contributed by atoms with Crippen molar-refractivity contribution in [1.82, 2.24) is 0 Å². The Kier molecular flexibility index (Phi) is 7.46. The first-order valence-corrected chi connectivity index (χ1v) is 13.6. The number of ether oxygens (including phenoxy) is 1. The summed E-state index contributed by atoms with van der Waals surface area (Å²) in [6.45, 7) is 10.1. The van der Waals surface area contributed by atoms with Crippen LogP contribution in [-0.4, -0.2) is 12.6 Å². The van der Waals surface area contributed by atoms with Gasteiger partial charge in [-0.05, 0) is 64.4 Å². The molecule has 0 aromatic heterocycles. The van der Waals surface area contributed by atoms with Gasteiger partial charge in [-0.1, -0.05) is 76.1 Å². The molecule has 0 radical (unpaired) electrons. The monoisotopic (exact) mass is 452 g/mol. The van der Waals surface area contributed by atoms with Crippen LogP contribution in [0.4, 0.5) is 0 Å². The number of hydrogen-bond acceptors (Lipinski definition) is 4. The number of aryl methyl sites for hydroxylation is 4. The van der Waals surface area contributed by atoms with E-state index in [2.05, 4.69) is 12.1 Å². The lowest BCUT2D eigenvalue weighted by Crippen LogP contribution is -2.20. The third-order valence-electron chi connectivity index (χ3n) is 4.95. The molecule has 0 heterocycles. The molecule has 5 heteroatoms. The second kappa shape index (κ2) is 9.89. The lowest BCUT2D eigenvalue weighted by Gasteiger charge is -2.25. The van der Waals surface area contributed by atoms with Crippen molar-refractivity contribution >= 4 is 34.3 Å². The number of esters is 1. The van der Waals surface area contributed by atoms with E-state index in [1.54, 1.807) is 6.92 Å². The van der Waals surface area contributed by atoms with Gasteiger partial charge in [0.2, 0.25) is 0 Å². The average Bonchev–Trinajstić information content (AvgIpc) is 2.71. The molecule has 0 saturated carbocycles. The Morgan fingerprint density at radius 1 is 0.839 bits per heavy atom. The van der Waals surface area contributed by atoms with Crippen molar-refractivity contribution in [3.05, 3.63) is 94.5 Å². The van der Waals surface area contributed by atoms with E-state index in [0.29, 0.717) is 0 Å². The first-order valence-electron chi connectivity index (χ1n) is 10.4. The Labute approximate surface area is 189 Å². The van der Waals surface area contributed by atoms with Crippen molar-refractivity contribution < 1.29 is 14.1 Å². The van der Waals surface area contributed by atoms with Gasteiger partial charge >= 0.3 is 5.97 Å². The summed E-state index contributed by atoms with van der Waals surface area (Å²) in [5, 5.41) is 0.823. The molecule has 0 amide bonds. The van der Waals surface area contributed by atoms with Crippen LogP contribution in [0.2, 0.25) is 0 Å². The molecule has 0 spiro atoms. The van der Waals surface area contributed by atoms with Crippen molar-refractivity contribution in [3.63, 3.8) is 0 Å². The average molecular weight is 453 g/mol. The van der Waals surface area contributed by atoms with E-state index in [9.17, 15) is 9.36 Å². The van der Waals surface area contributed by atoms with Gasteiger partial charge in [0.15, 0.2) is 6.34 Å². The molecule has 31 heavy (non-hydrogen) atoms. The highest BCUT2D eigenvalue weighted by atomic mass is 32.7. The zero-order valence-corrected chi connectivity index (χ0v) is 20.4. The molecule has 0 N–H and O–H groups in total. The number of hydrogen-bond donors (Lipinski definition) is 0. The van der Waals surface area contributed by atoms with E-state index < -0.39 is 11.6 Å². The van der Waals surface area contributed by atoms with Gasteiger partial charge in [-0.15, -0.1) is 0 Å². The van der Waals surface area contributed by atoms with Crippen molar-refractivity contribution in [2.45, 2.75) is 39.9 Å². The van der Waals surface area contributed by atoms with E-state index in [1.165, 1.54) is 11.4 Å². The highest BCUT2D eigenvalue weighted by Gasteiger charge is 2.37. The molecule has 3 aromatic carbocycles. The summed E-state index contributed by atoms with van der Waals surface area (Å²) in [4.78, 5) is 13.0. The predicted molar refractivity (Wildman–Crippen MR) is 132 cm³/mol. The first-order chi connectivity index (χ1) is 14.7. The Morgan fingerprint density at radius 3 is 1.71 bits per heavy atom. The lowest BCUT2D eigenvalue weighted by atomic mass is 10.1. The molecule has 0 fully saturated rings. The highest BCUT2D eigenvalue weighted by Crippen LogP contribution is 2.62. The molecule has 1 atom stereocenters. The molecular formula is C26H29O3PS. The molecule has 0 aliphatic carbocycles. The maximum Gasteiger partial charge on any atom is 0.324 e. The Hall–Kier alpha value is -2.29. The summed E-state index contributed by atoms with van der Waals surface area (Å²) in [6.07, 6.45) is -3.22. The summed E-state index contributed by atoms with van der Waals surface area (Å²) in [6, 6.07) is 21.5. The SMILES string of the molecule is CCOC(=O)C(SP(=O)(c1cc(C)cc(C)c1)c1cc(C)cc(C)c1)c1ccccc1. The summed E-state index contributed by atoms with van der Waals surface area (Å²) >= 11 is 1.22. The van der Waals surface area contributed by atoms with Crippen LogP contribution in [0, 0.1) is 27.7 Å². The zero-order chi connectivity index (χ0) is 22.6. The maximum atomic E-state index is 14.9. The number of carbonyl (C=O) groups is 1. The van der Waals surface area contributed by atoms with E-state index in [1.807, 2.05) is 82.3 Å². The minimum Gasteiger partial charge on any atom is -0.465 e.